The number of nitrogens with one attached hydrogen (secondary N) is 2. The summed E-state index contributed by atoms with van der Waals surface area (Å²) in [4.78, 5) is 26.5. The van der Waals surface area contributed by atoms with Gasteiger partial charge in [0, 0.05) is 5.69 Å². The Morgan fingerprint density at radius 3 is 2.14 bits per heavy atom. The molecule has 0 radical (unpaired) electrons. The molecule has 2 amide bonds. The second kappa shape index (κ2) is 11.2. The topological polar surface area (TPSA) is 70.7 Å². The van der Waals surface area contributed by atoms with E-state index >= 15 is 0 Å². The molecular weight excluding hydrogens is 366 g/mol. The molecular formula is C23H31N3O3. The van der Waals surface area contributed by atoms with Gasteiger partial charge in [-0.05, 0) is 55.3 Å². The number of hydrogen-bond donors (Lipinski definition) is 2. The highest BCUT2D eigenvalue weighted by molar-refractivity contribution is 5.92. The largest absolute Gasteiger partial charge is 0.497 e. The van der Waals surface area contributed by atoms with Crippen molar-refractivity contribution in [2.75, 3.05) is 32.1 Å². The molecule has 0 saturated carbocycles. The summed E-state index contributed by atoms with van der Waals surface area (Å²) in [6.45, 7) is 6.93. The summed E-state index contributed by atoms with van der Waals surface area (Å²) in [6.07, 6.45) is 0.991. The predicted octanol–water partition coefficient (Wildman–Crippen LogP) is 3.40. The van der Waals surface area contributed by atoms with Crippen molar-refractivity contribution < 1.29 is 14.3 Å². The van der Waals surface area contributed by atoms with Gasteiger partial charge in [0.2, 0.25) is 11.8 Å². The SMILES string of the molecule is CCc1ccc(C(C)NC(=O)CN(CC)CC(=O)Nc2ccc(OC)cc2)cc1. The second-order valence-corrected chi connectivity index (χ2v) is 6.96. The van der Waals surface area contributed by atoms with Crippen molar-refractivity contribution in [3.05, 3.63) is 59.7 Å². The fourth-order valence-electron chi connectivity index (χ4n) is 2.97. The van der Waals surface area contributed by atoms with E-state index in [1.807, 2.05) is 26.0 Å². The summed E-state index contributed by atoms with van der Waals surface area (Å²) < 4.78 is 5.11. The predicted molar refractivity (Wildman–Crippen MR) is 116 cm³/mol. The van der Waals surface area contributed by atoms with Gasteiger partial charge in [0.25, 0.3) is 0 Å². The van der Waals surface area contributed by atoms with Crippen molar-refractivity contribution in [2.45, 2.75) is 33.2 Å². The Morgan fingerprint density at radius 2 is 1.59 bits per heavy atom. The van der Waals surface area contributed by atoms with E-state index in [9.17, 15) is 9.59 Å². The zero-order valence-corrected chi connectivity index (χ0v) is 17.7. The zero-order chi connectivity index (χ0) is 21.2. The van der Waals surface area contributed by atoms with Crippen LogP contribution in [0.4, 0.5) is 5.69 Å². The van der Waals surface area contributed by atoms with Gasteiger partial charge < -0.3 is 15.4 Å². The number of carbonyl (C=O) groups excluding carboxylic acids is 2. The van der Waals surface area contributed by atoms with Crippen molar-refractivity contribution >= 4 is 17.5 Å². The second-order valence-electron chi connectivity index (χ2n) is 6.96. The first-order valence-corrected chi connectivity index (χ1v) is 9.99. The van der Waals surface area contributed by atoms with Crippen molar-refractivity contribution in [3.63, 3.8) is 0 Å². The molecule has 0 aromatic heterocycles. The highest BCUT2D eigenvalue weighted by Crippen LogP contribution is 2.15. The van der Waals surface area contributed by atoms with Gasteiger partial charge in [-0.2, -0.15) is 0 Å². The van der Waals surface area contributed by atoms with Crippen LogP contribution >= 0.6 is 0 Å². The number of carbonyl (C=O) groups is 2. The summed E-state index contributed by atoms with van der Waals surface area (Å²) in [6, 6.07) is 15.3. The lowest BCUT2D eigenvalue weighted by Crippen LogP contribution is -2.41. The van der Waals surface area contributed by atoms with Crippen LogP contribution < -0.4 is 15.4 Å². The monoisotopic (exact) mass is 397 g/mol. The van der Waals surface area contributed by atoms with E-state index in [2.05, 4.69) is 29.7 Å². The number of amides is 2. The van der Waals surface area contributed by atoms with Gasteiger partial charge in [-0.25, -0.2) is 0 Å². The Hall–Kier alpha value is -2.86. The van der Waals surface area contributed by atoms with Crippen LogP contribution in [0.1, 0.15) is 37.9 Å². The van der Waals surface area contributed by atoms with E-state index in [0.717, 1.165) is 17.7 Å². The Balaban J connectivity index is 1.83. The van der Waals surface area contributed by atoms with Crippen LogP contribution in [0.5, 0.6) is 5.75 Å². The van der Waals surface area contributed by atoms with Gasteiger partial charge in [-0.3, -0.25) is 14.5 Å². The smallest absolute Gasteiger partial charge is 0.238 e. The van der Waals surface area contributed by atoms with Gasteiger partial charge in [0.1, 0.15) is 5.75 Å². The average Bonchev–Trinajstić information content (AvgIpc) is 2.73. The lowest BCUT2D eigenvalue weighted by atomic mass is 10.1. The maximum atomic E-state index is 12.4. The molecule has 6 nitrogen and oxygen atoms in total. The summed E-state index contributed by atoms with van der Waals surface area (Å²) >= 11 is 0. The molecule has 0 aliphatic carbocycles. The fraction of sp³-hybridized carbons (Fsp3) is 0.391. The van der Waals surface area contributed by atoms with E-state index < -0.39 is 0 Å². The molecule has 2 aromatic rings. The highest BCUT2D eigenvalue weighted by atomic mass is 16.5. The summed E-state index contributed by atoms with van der Waals surface area (Å²) in [7, 11) is 1.60. The first kappa shape index (κ1) is 22.4. The third kappa shape index (κ3) is 7.23. The number of ether oxygens (including phenoxy) is 1. The van der Waals surface area contributed by atoms with Crippen molar-refractivity contribution in [1.29, 1.82) is 0 Å². The van der Waals surface area contributed by atoms with Crippen LogP contribution in [-0.4, -0.2) is 43.5 Å². The molecule has 2 N–H and O–H groups in total. The van der Waals surface area contributed by atoms with E-state index in [4.69, 9.17) is 4.74 Å². The maximum absolute atomic E-state index is 12.4. The molecule has 1 unspecified atom stereocenters. The molecule has 2 rings (SSSR count). The Bertz CT molecular complexity index is 788. The lowest BCUT2D eigenvalue weighted by molar-refractivity contribution is -0.123. The molecule has 6 heteroatoms. The maximum Gasteiger partial charge on any atom is 0.238 e. The van der Waals surface area contributed by atoms with E-state index in [0.29, 0.717) is 12.2 Å². The van der Waals surface area contributed by atoms with Gasteiger partial charge in [-0.15, -0.1) is 0 Å². The first-order valence-electron chi connectivity index (χ1n) is 9.99. The molecule has 0 spiro atoms. The molecule has 2 aromatic carbocycles. The molecule has 156 valence electrons. The lowest BCUT2D eigenvalue weighted by Gasteiger charge is -2.21. The Labute approximate surface area is 173 Å². The van der Waals surface area contributed by atoms with Crippen LogP contribution in [-0.2, 0) is 16.0 Å². The van der Waals surface area contributed by atoms with E-state index in [1.54, 1.807) is 36.3 Å². The quantitative estimate of drug-likeness (QED) is 0.645. The number of anilines is 1. The van der Waals surface area contributed by atoms with E-state index in [1.165, 1.54) is 5.56 Å². The molecule has 0 heterocycles. The first-order chi connectivity index (χ1) is 13.9. The molecule has 0 fully saturated rings. The van der Waals surface area contributed by atoms with Crippen LogP contribution in [0.2, 0.25) is 0 Å². The zero-order valence-electron chi connectivity index (χ0n) is 17.7. The van der Waals surface area contributed by atoms with Crippen LogP contribution in [0.3, 0.4) is 0 Å². The number of benzene rings is 2. The van der Waals surface area contributed by atoms with Crippen LogP contribution in [0, 0.1) is 0 Å². The van der Waals surface area contributed by atoms with Crippen molar-refractivity contribution in [1.82, 2.24) is 10.2 Å². The average molecular weight is 398 g/mol. The number of likely N-dealkylation sites (N-methyl/N-ethyl adjacent to an activating group) is 1. The third-order valence-corrected chi connectivity index (χ3v) is 4.82. The standard InChI is InChI=1S/C23H31N3O3/c1-5-18-7-9-19(10-8-18)17(3)24-22(27)15-26(6-2)16-23(28)25-20-11-13-21(29-4)14-12-20/h7-14,17H,5-6,15-16H2,1-4H3,(H,24,27)(H,25,28). The third-order valence-electron chi connectivity index (χ3n) is 4.82. The minimum absolute atomic E-state index is 0.0831. The molecule has 29 heavy (non-hydrogen) atoms. The van der Waals surface area contributed by atoms with Gasteiger partial charge in [0.05, 0.1) is 26.2 Å². The summed E-state index contributed by atoms with van der Waals surface area (Å²) in [5, 5.41) is 5.85. The molecule has 0 bridgehead atoms. The Morgan fingerprint density at radius 1 is 0.966 bits per heavy atom. The minimum atomic E-state index is -0.159. The van der Waals surface area contributed by atoms with Crippen molar-refractivity contribution in [3.8, 4) is 5.75 Å². The summed E-state index contributed by atoms with van der Waals surface area (Å²) in [5.74, 6) is 0.470. The number of methoxy groups -OCH3 is 1. The number of aryl methyl sites for hydroxylation is 1. The number of rotatable bonds is 10. The summed E-state index contributed by atoms with van der Waals surface area (Å²) in [5.41, 5.74) is 3.03. The molecule has 1 atom stereocenters. The highest BCUT2D eigenvalue weighted by Gasteiger charge is 2.15. The van der Waals surface area contributed by atoms with Crippen LogP contribution in [0.25, 0.3) is 0 Å². The van der Waals surface area contributed by atoms with Gasteiger partial charge in [0.15, 0.2) is 0 Å². The van der Waals surface area contributed by atoms with Crippen LogP contribution in [0.15, 0.2) is 48.5 Å². The number of nitrogens with zero attached hydrogens (tertiary/aromatic N) is 1. The normalized spacial score (nSPS) is 11.8. The Kier molecular flexibility index (Phi) is 8.68. The molecule has 0 aliphatic heterocycles. The van der Waals surface area contributed by atoms with Gasteiger partial charge >= 0.3 is 0 Å². The van der Waals surface area contributed by atoms with Crippen molar-refractivity contribution in [2.24, 2.45) is 0 Å². The van der Waals surface area contributed by atoms with Gasteiger partial charge in [-0.1, -0.05) is 38.1 Å². The number of hydrogen-bond acceptors (Lipinski definition) is 4. The van der Waals surface area contributed by atoms with E-state index in [-0.39, 0.29) is 30.9 Å². The fourth-order valence-corrected chi connectivity index (χ4v) is 2.97. The minimum Gasteiger partial charge on any atom is -0.497 e. The molecule has 0 aliphatic rings. The molecule has 0 saturated heterocycles.